The van der Waals surface area contributed by atoms with E-state index in [9.17, 15) is 4.79 Å². The van der Waals surface area contributed by atoms with Gasteiger partial charge in [-0.15, -0.1) is 0 Å². The molecule has 0 bridgehead atoms. The zero-order chi connectivity index (χ0) is 13.0. The Hall–Kier alpha value is -1.31. The quantitative estimate of drug-likeness (QED) is 0.820. The van der Waals surface area contributed by atoms with Gasteiger partial charge in [-0.05, 0) is 49.7 Å². The van der Waals surface area contributed by atoms with E-state index in [0.717, 1.165) is 18.8 Å². The summed E-state index contributed by atoms with van der Waals surface area (Å²) in [5.41, 5.74) is 2.60. The lowest BCUT2D eigenvalue weighted by Gasteiger charge is -2.12. The molecule has 0 radical (unpaired) electrons. The van der Waals surface area contributed by atoms with E-state index in [0.29, 0.717) is 12.5 Å². The van der Waals surface area contributed by atoms with Gasteiger partial charge < -0.3 is 5.32 Å². The number of aryl methyl sites for hydroxylation is 2. The average Bonchev–Trinajstić information content (AvgIpc) is 3.21. The first-order valence-electron chi connectivity index (χ1n) is 7.06. The Balaban J connectivity index is 1.74. The van der Waals surface area contributed by atoms with Crippen molar-refractivity contribution >= 4 is 5.91 Å². The fraction of sp³-hybridized carbons (Fsp3) is 0.562. The Kier molecular flexibility index (Phi) is 4.40. The summed E-state index contributed by atoms with van der Waals surface area (Å²) in [5.74, 6) is 0.923. The van der Waals surface area contributed by atoms with Crippen LogP contribution in [0.3, 0.4) is 0 Å². The molecule has 0 aromatic heterocycles. The highest BCUT2D eigenvalue weighted by Crippen LogP contribution is 2.32. The smallest absolute Gasteiger partial charge is 0.220 e. The van der Waals surface area contributed by atoms with E-state index in [1.807, 2.05) is 0 Å². The van der Waals surface area contributed by atoms with E-state index in [2.05, 4.69) is 43.4 Å². The van der Waals surface area contributed by atoms with Crippen molar-refractivity contribution in [2.75, 3.05) is 0 Å². The van der Waals surface area contributed by atoms with E-state index in [1.54, 1.807) is 0 Å². The van der Waals surface area contributed by atoms with Gasteiger partial charge in [0.2, 0.25) is 5.91 Å². The Labute approximate surface area is 110 Å². The van der Waals surface area contributed by atoms with E-state index < -0.39 is 0 Å². The summed E-state index contributed by atoms with van der Waals surface area (Å²) in [5, 5.41) is 3.10. The molecule has 1 saturated carbocycles. The lowest BCUT2D eigenvalue weighted by Crippen LogP contribution is -2.34. The van der Waals surface area contributed by atoms with Gasteiger partial charge in [-0.2, -0.15) is 0 Å². The molecule has 1 amide bonds. The predicted octanol–water partition coefficient (Wildman–Crippen LogP) is 3.10. The summed E-state index contributed by atoms with van der Waals surface area (Å²) in [6.45, 7) is 4.27. The van der Waals surface area contributed by atoms with Crippen molar-refractivity contribution in [3.8, 4) is 0 Å². The molecule has 1 atom stereocenters. The summed E-state index contributed by atoms with van der Waals surface area (Å²) >= 11 is 0. The number of carbonyl (C=O) groups is 1. The van der Waals surface area contributed by atoms with Gasteiger partial charge in [-0.25, -0.2) is 0 Å². The Morgan fingerprint density at radius 1 is 1.28 bits per heavy atom. The molecule has 1 N–H and O–H groups in total. The Morgan fingerprint density at radius 3 is 2.44 bits per heavy atom. The van der Waals surface area contributed by atoms with Crippen LogP contribution in [0.25, 0.3) is 0 Å². The summed E-state index contributed by atoms with van der Waals surface area (Å²) in [4.78, 5) is 11.8. The van der Waals surface area contributed by atoms with Crippen LogP contribution in [0.2, 0.25) is 0 Å². The van der Waals surface area contributed by atoms with Crippen LogP contribution in [0.5, 0.6) is 0 Å². The molecule has 1 fully saturated rings. The van der Waals surface area contributed by atoms with Gasteiger partial charge in [-0.1, -0.05) is 31.2 Å². The fourth-order valence-corrected chi connectivity index (χ4v) is 2.24. The Bertz CT molecular complexity index is 392. The topological polar surface area (TPSA) is 29.1 Å². The Morgan fingerprint density at radius 2 is 1.89 bits per heavy atom. The van der Waals surface area contributed by atoms with Crippen molar-refractivity contribution in [1.29, 1.82) is 0 Å². The third-order valence-corrected chi connectivity index (χ3v) is 3.79. The summed E-state index contributed by atoms with van der Waals surface area (Å²) in [7, 11) is 0. The molecule has 1 unspecified atom stereocenters. The third kappa shape index (κ3) is 3.86. The standard InChI is InChI=1S/C16H23NO/c1-3-13-4-6-14(7-5-13)8-11-16(18)17-12(2)15-9-10-15/h4-7,12,15H,3,8-11H2,1-2H3,(H,17,18). The highest BCUT2D eigenvalue weighted by Gasteiger charge is 2.28. The largest absolute Gasteiger partial charge is 0.353 e. The minimum Gasteiger partial charge on any atom is -0.353 e. The number of benzene rings is 1. The van der Waals surface area contributed by atoms with Crippen molar-refractivity contribution in [3.63, 3.8) is 0 Å². The van der Waals surface area contributed by atoms with E-state index in [4.69, 9.17) is 0 Å². The second-order valence-electron chi connectivity index (χ2n) is 5.36. The van der Waals surface area contributed by atoms with Gasteiger partial charge in [0, 0.05) is 12.5 Å². The van der Waals surface area contributed by atoms with Crippen molar-refractivity contribution in [2.45, 2.75) is 52.0 Å². The zero-order valence-corrected chi connectivity index (χ0v) is 11.4. The highest BCUT2D eigenvalue weighted by molar-refractivity contribution is 5.76. The molecule has 1 aromatic rings. The van der Waals surface area contributed by atoms with Gasteiger partial charge in [0.15, 0.2) is 0 Å². The summed E-state index contributed by atoms with van der Waals surface area (Å²) in [6.07, 6.45) is 5.06. The fourth-order valence-electron chi connectivity index (χ4n) is 2.24. The maximum absolute atomic E-state index is 11.8. The average molecular weight is 245 g/mol. The zero-order valence-electron chi connectivity index (χ0n) is 11.4. The van der Waals surface area contributed by atoms with Gasteiger partial charge in [0.25, 0.3) is 0 Å². The van der Waals surface area contributed by atoms with Gasteiger partial charge in [-0.3, -0.25) is 4.79 Å². The van der Waals surface area contributed by atoms with Crippen LogP contribution < -0.4 is 5.32 Å². The molecule has 2 heteroatoms. The molecule has 0 aliphatic heterocycles. The van der Waals surface area contributed by atoms with E-state index in [-0.39, 0.29) is 5.91 Å². The van der Waals surface area contributed by atoms with Crippen LogP contribution in [0, 0.1) is 5.92 Å². The molecule has 18 heavy (non-hydrogen) atoms. The number of amides is 1. The molecule has 0 heterocycles. The predicted molar refractivity (Wildman–Crippen MR) is 74.5 cm³/mol. The molecular formula is C16H23NO. The minimum atomic E-state index is 0.189. The molecular weight excluding hydrogens is 222 g/mol. The van der Waals surface area contributed by atoms with Gasteiger partial charge in [0.1, 0.15) is 0 Å². The lowest BCUT2D eigenvalue weighted by molar-refractivity contribution is -0.121. The van der Waals surface area contributed by atoms with Gasteiger partial charge in [0.05, 0.1) is 0 Å². The third-order valence-electron chi connectivity index (χ3n) is 3.79. The van der Waals surface area contributed by atoms with Crippen molar-refractivity contribution in [2.24, 2.45) is 5.92 Å². The second-order valence-corrected chi connectivity index (χ2v) is 5.36. The molecule has 98 valence electrons. The van der Waals surface area contributed by atoms with Gasteiger partial charge >= 0.3 is 0 Å². The first-order valence-corrected chi connectivity index (χ1v) is 7.06. The first-order chi connectivity index (χ1) is 8.69. The van der Waals surface area contributed by atoms with Crippen molar-refractivity contribution in [3.05, 3.63) is 35.4 Å². The SMILES string of the molecule is CCc1ccc(CCC(=O)NC(C)C2CC2)cc1. The number of hydrogen-bond acceptors (Lipinski definition) is 1. The number of hydrogen-bond donors (Lipinski definition) is 1. The van der Waals surface area contributed by atoms with Crippen LogP contribution >= 0.6 is 0 Å². The normalized spacial score (nSPS) is 16.3. The molecule has 0 saturated heterocycles. The monoisotopic (exact) mass is 245 g/mol. The minimum absolute atomic E-state index is 0.189. The van der Waals surface area contributed by atoms with Crippen LogP contribution in [0.4, 0.5) is 0 Å². The van der Waals surface area contributed by atoms with Crippen molar-refractivity contribution < 1.29 is 4.79 Å². The van der Waals surface area contributed by atoms with E-state index in [1.165, 1.54) is 24.0 Å². The maximum Gasteiger partial charge on any atom is 0.220 e. The second kappa shape index (κ2) is 6.03. The number of nitrogens with one attached hydrogen (secondary N) is 1. The number of rotatable bonds is 6. The molecule has 1 aliphatic carbocycles. The van der Waals surface area contributed by atoms with Crippen LogP contribution in [0.1, 0.15) is 44.2 Å². The maximum atomic E-state index is 11.8. The lowest BCUT2D eigenvalue weighted by atomic mass is 10.1. The van der Waals surface area contributed by atoms with Crippen LogP contribution in [-0.2, 0) is 17.6 Å². The molecule has 2 rings (SSSR count). The molecule has 1 aromatic carbocycles. The highest BCUT2D eigenvalue weighted by atomic mass is 16.1. The summed E-state index contributed by atoms with van der Waals surface area (Å²) < 4.78 is 0. The van der Waals surface area contributed by atoms with Crippen LogP contribution in [0.15, 0.2) is 24.3 Å². The van der Waals surface area contributed by atoms with E-state index >= 15 is 0 Å². The summed E-state index contributed by atoms with van der Waals surface area (Å²) in [6, 6.07) is 8.94. The van der Waals surface area contributed by atoms with Crippen molar-refractivity contribution in [1.82, 2.24) is 5.32 Å². The first kappa shape index (κ1) is 13.1. The number of carbonyl (C=O) groups excluding carboxylic acids is 1. The van der Waals surface area contributed by atoms with Crippen LogP contribution in [-0.4, -0.2) is 11.9 Å². The molecule has 0 spiro atoms. The molecule has 1 aliphatic rings. The molecule has 2 nitrogen and oxygen atoms in total.